The van der Waals surface area contributed by atoms with Crippen LogP contribution in [0.15, 0.2) is 43.0 Å². The third-order valence-corrected chi connectivity index (χ3v) is 5.77. The Labute approximate surface area is 180 Å². The Bertz CT molecular complexity index is 1000. The lowest BCUT2D eigenvalue weighted by atomic mass is 9.89. The number of benzene rings is 1. The van der Waals surface area contributed by atoms with Gasteiger partial charge in [0.15, 0.2) is 0 Å². The van der Waals surface area contributed by atoms with Gasteiger partial charge in [0.25, 0.3) is 0 Å². The Morgan fingerprint density at radius 2 is 2.00 bits per heavy atom. The molecular weight excluding hydrogens is 402 g/mol. The van der Waals surface area contributed by atoms with Gasteiger partial charge in [0.2, 0.25) is 11.8 Å². The number of nitrogens with zero attached hydrogens (tertiary/aromatic N) is 2. The van der Waals surface area contributed by atoms with Gasteiger partial charge in [0.1, 0.15) is 12.0 Å². The maximum Gasteiger partial charge on any atom is 0.248 e. The molecule has 1 fully saturated rings. The predicted octanol–water partition coefficient (Wildman–Crippen LogP) is 2.73. The van der Waals surface area contributed by atoms with E-state index in [2.05, 4.69) is 25.9 Å². The monoisotopic (exact) mass is 425 g/mol. The lowest BCUT2D eigenvalue weighted by Gasteiger charge is -2.41. The summed E-state index contributed by atoms with van der Waals surface area (Å²) in [6, 6.07) is 5.66. The van der Waals surface area contributed by atoms with Gasteiger partial charge in [-0.3, -0.25) is 9.59 Å². The van der Waals surface area contributed by atoms with Gasteiger partial charge in [0.05, 0.1) is 5.70 Å². The highest BCUT2D eigenvalue weighted by Crippen LogP contribution is 2.48. The van der Waals surface area contributed by atoms with Crippen LogP contribution in [0.25, 0.3) is 5.70 Å². The van der Waals surface area contributed by atoms with Crippen LogP contribution in [0, 0.1) is 11.8 Å². The summed E-state index contributed by atoms with van der Waals surface area (Å²) in [4.78, 5) is 32.8. The van der Waals surface area contributed by atoms with Crippen LogP contribution in [0.5, 0.6) is 0 Å². The van der Waals surface area contributed by atoms with E-state index < -0.39 is 5.66 Å². The summed E-state index contributed by atoms with van der Waals surface area (Å²) in [6.45, 7) is 4.10. The molecule has 1 saturated carbocycles. The molecule has 7 nitrogen and oxygen atoms in total. The van der Waals surface area contributed by atoms with Crippen molar-refractivity contribution in [3.63, 3.8) is 0 Å². The molecule has 156 valence electrons. The molecule has 8 heteroatoms. The minimum atomic E-state index is -0.827. The molecule has 1 atom stereocenters. The zero-order chi connectivity index (χ0) is 21.3. The zero-order valence-corrected chi connectivity index (χ0v) is 17.7. The van der Waals surface area contributed by atoms with Crippen LogP contribution in [0.1, 0.15) is 43.4 Å². The van der Waals surface area contributed by atoms with E-state index >= 15 is 0 Å². The van der Waals surface area contributed by atoms with E-state index in [1.54, 1.807) is 12.4 Å². The molecule has 30 heavy (non-hydrogen) atoms. The van der Waals surface area contributed by atoms with Crippen LogP contribution >= 0.6 is 11.6 Å². The van der Waals surface area contributed by atoms with Crippen molar-refractivity contribution in [3.8, 4) is 0 Å². The van der Waals surface area contributed by atoms with Crippen LogP contribution in [0.4, 0.5) is 0 Å². The smallest absolute Gasteiger partial charge is 0.248 e. The average Bonchev–Trinajstić information content (AvgIpc) is 3.59. The molecule has 1 aliphatic heterocycles. The number of rotatable bonds is 6. The predicted molar refractivity (Wildman–Crippen MR) is 114 cm³/mol. The second-order valence-corrected chi connectivity index (χ2v) is 8.48. The van der Waals surface area contributed by atoms with E-state index in [0.29, 0.717) is 17.3 Å². The van der Waals surface area contributed by atoms with Gasteiger partial charge in [-0.25, -0.2) is 9.97 Å². The van der Waals surface area contributed by atoms with Crippen molar-refractivity contribution in [3.05, 3.63) is 64.7 Å². The topological polar surface area (TPSA) is 96.0 Å². The largest absolute Gasteiger partial charge is 0.358 e. The first-order valence-electron chi connectivity index (χ1n) is 10.0. The fraction of sp³-hybridized carbons (Fsp3) is 0.364. The maximum absolute atomic E-state index is 12.7. The summed E-state index contributed by atoms with van der Waals surface area (Å²) in [5.74, 6) is -0.0988. The summed E-state index contributed by atoms with van der Waals surface area (Å²) < 4.78 is 0. The quantitative estimate of drug-likeness (QED) is 0.661. The molecule has 2 aromatic rings. The Morgan fingerprint density at radius 3 is 2.67 bits per heavy atom. The highest BCUT2D eigenvalue weighted by atomic mass is 35.5. The Balaban J connectivity index is 1.69. The fourth-order valence-electron chi connectivity index (χ4n) is 3.69. The first-order valence-corrected chi connectivity index (χ1v) is 10.4. The second-order valence-electron chi connectivity index (χ2n) is 8.07. The number of hydrogen-bond acceptors (Lipinski definition) is 5. The van der Waals surface area contributed by atoms with Gasteiger partial charge in [0, 0.05) is 53.0 Å². The first kappa shape index (κ1) is 20.3. The molecule has 2 heterocycles. The van der Waals surface area contributed by atoms with E-state index in [9.17, 15) is 9.59 Å². The van der Waals surface area contributed by atoms with Crippen molar-refractivity contribution in [2.24, 2.45) is 11.8 Å². The number of halogens is 1. The third kappa shape index (κ3) is 4.03. The summed E-state index contributed by atoms with van der Waals surface area (Å²) in [5, 5.41) is 10.1. The van der Waals surface area contributed by atoms with Crippen LogP contribution in [0.2, 0.25) is 5.02 Å². The Kier molecular flexibility index (Phi) is 5.47. The number of amides is 2. The van der Waals surface area contributed by atoms with Crippen molar-refractivity contribution in [2.45, 2.75) is 38.9 Å². The van der Waals surface area contributed by atoms with Crippen LogP contribution in [0.3, 0.4) is 0 Å². The van der Waals surface area contributed by atoms with Crippen molar-refractivity contribution in [1.29, 1.82) is 0 Å². The van der Waals surface area contributed by atoms with Gasteiger partial charge >= 0.3 is 0 Å². The summed E-state index contributed by atoms with van der Waals surface area (Å²) in [6.07, 6.45) is 8.24. The molecule has 2 aliphatic rings. The molecule has 4 rings (SSSR count). The third-order valence-electron chi connectivity index (χ3n) is 5.44. The van der Waals surface area contributed by atoms with E-state index in [0.717, 1.165) is 29.5 Å². The minimum absolute atomic E-state index is 0.0122. The normalized spacial score (nSPS) is 20.9. The molecule has 0 radical (unpaired) electrons. The number of aromatic nitrogens is 2. The molecule has 1 unspecified atom stereocenters. The first-order chi connectivity index (χ1) is 14.4. The summed E-state index contributed by atoms with van der Waals surface area (Å²) in [5.41, 5.74) is 2.26. The van der Waals surface area contributed by atoms with Crippen molar-refractivity contribution < 1.29 is 9.59 Å². The van der Waals surface area contributed by atoms with E-state index in [1.807, 2.05) is 32.0 Å². The van der Waals surface area contributed by atoms with Gasteiger partial charge in [-0.1, -0.05) is 31.5 Å². The highest BCUT2D eigenvalue weighted by molar-refractivity contribution is 6.31. The lowest BCUT2D eigenvalue weighted by Crippen LogP contribution is -2.59. The Hall–Kier alpha value is -2.93. The molecule has 0 bridgehead atoms. The number of carbonyl (C=O) groups excluding carboxylic acids is 2. The van der Waals surface area contributed by atoms with E-state index in [1.165, 1.54) is 12.4 Å². The lowest BCUT2D eigenvalue weighted by molar-refractivity contribution is -0.124. The molecule has 1 aromatic carbocycles. The standard InChI is InChI=1S/C22H24ClN5O2/c1-13(2)21(30)26-9-14-3-6-18(23)17(7-14)22(16-4-5-16)27-19(8-20(29)28-22)15-10-24-12-25-11-15/h3,6-8,10-13,16,27H,4-5,9H2,1-2H3,(H,26,30)(H,28,29). The average molecular weight is 426 g/mol. The number of hydrogen-bond donors (Lipinski definition) is 3. The van der Waals surface area contributed by atoms with Crippen molar-refractivity contribution in [2.75, 3.05) is 0 Å². The molecule has 1 aliphatic carbocycles. The molecule has 2 amide bonds. The van der Waals surface area contributed by atoms with Crippen molar-refractivity contribution >= 4 is 29.1 Å². The van der Waals surface area contributed by atoms with Gasteiger partial charge < -0.3 is 16.0 Å². The highest BCUT2D eigenvalue weighted by Gasteiger charge is 2.50. The molecule has 1 aromatic heterocycles. The Morgan fingerprint density at radius 1 is 1.27 bits per heavy atom. The second kappa shape index (κ2) is 8.07. The molecule has 3 N–H and O–H groups in total. The number of nitrogens with one attached hydrogen (secondary N) is 3. The summed E-state index contributed by atoms with van der Waals surface area (Å²) in [7, 11) is 0. The maximum atomic E-state index is 12.7. The van der Waals surface area contributed by atoms with Crippen molar-refractivity contribution in [1.82, 2.24) is 25.9 Å². The minimum Gasteiger partial charge on any atom is -0.358 e. The van der Waals surface area contributed by atoms with E-state index in [-0.39, 0.29) is 23.7 Å². The van der Waals surface area contributed by atoms with Gasteiger partial charge in [-0.05, 0) is 30.5 Å². The zero-order valence-electron chi connectivity index (χ0n) is 16.9. The van der Waals surface area contributed by atoms with Crippen LogP contribution in [-0.2, 0) is 21.8 Å². The molecular formula is C22H24ClN5O2. The van der Waals surface area contributed by atoms with Crippen LogP contribution < -0.4 is 16.0 Å². The van der Waals surface area contributed by atoms with Gasteiger partial charge in [-0.15, -0.1) is 0 Å². The SMILES string of the molecule is CC(C)C(=O)NCc1ccc(Cl)c(C2(C3CC3)NC(=O)C=C(c3cncnc3)N2)c1. The molecule has 0 spiro atoms. The number of carbonyl (C=O) groups is 2. The molecule has 0 saturated heterocycles. The van der Waals surface area contributed by atoms with E-state index in [4.69, 9.17) is 11.6 Å². The van der Waals surface area contributed by atoms with Crippen LogP contribution in [-0.4, -0.2) is 21.8 Å². The van der Waals surface area contributed by atoms with Gasteiger partial charge in [-0.2, -0.15) is 0 Å². The summed E-state index contributed by atoms with van der Waals surface area (Å²) >= 11 is 6.62. The fourth-order valence-corrected chi connectivity index (χ4v) is 3.95.